The van der Waals surface area contributed by atoms with Crippen molar-refractivity contribution in [2.45, 2.75) is 12.8 Å². The van der Waals surface area contributed by atoms with Gasteiger partial charge in [-0.3, -0.25) is 9.59 Å². The van der Waals surface area contributed by atoms with Crippen LogP contribution >= 0.6 is 0 Å². The molecule has 2 amide bonds. The summed E-state index contributed by atoms with van der Waals surface area (Å²) >= 11 is 0. The van der Waals surface area contributed by atoms with Crippen LogP contribution in [-0.4, -0.2) is 29.8 Å². The predicted molar refractivity (Wildman–Crippen MR) is 108 cm³/mol. The lowest BCUT2D eigenvalue weighted by Crippen LogP contribution is -2.43. The second-order valence-corrected chi connectivity index (χ2v) is 7.23. The molecule has 0 radical (unpaired) electrons. The molecule has 1 atom stereocenters. The Morgan fingerprint density at radius 2 is 1.80 bits per heavy atom. The highest BCUT2D eigenvalue weighted by Gasteiger charge is 2.30. The molecule has 2 heterocycles. The number of amides is 2. The van der Waals surface area contributed by atoms with E-state index in [0.29, 0.717) is 30.7 Å². The molecule has 0 saturated carbocycles. The van der Waals surface area contributed by atoms with Gasteiger partial charge in [-0.25, -0.2) is 8.78 Å². The monoisotopic (exact) mass is 410 g/mol. The van der Waals surface area contributed by atoms with E-state index in [2.05, 4.69) is 5.32 Å². The number of nitrogens with zero attached hydrogens (tertiary/aromatic N) is 1. The van der Waals surface area contributed by atoms with Crippen molar-refractivity contribution in [1.29, 1.82) is 0 Å². The van der Waals surface area contributed by atoms with E-state index in [-0.39, 0.29) is 12.5 Å². The van der Waals surface area contributed by atoms with Crippen LogP contribution in [-0.2, 0) is 4.79 Å². The lowest BCUT2D eigenvalue weighted by Gasteiger charge is -2.32. The molecule has 5 nitrogen and oxygen atoms in total. The fourth-order valence-corrected chi connectivity index (χ4v) is 3.65. The van der Waals surface area contributed by atoms with E-state index >= 15 is 0 Å². The molecule has 0 aliphatic carbocycles. The Balaban J connectivity index is 1.47. The minimum atomic E-state index is -0.832. The molecule has 1 unspecified atom stereocenters. The Labute approximate surface area is 172 Å². The summed E-state index contributed by atoms with van der Waals surface area (Å²) in [6, 6.07) is 14.1. The van der Waals surface area contributed by atoms with Gasteiger partial charge in [-0.15, -0.1) is 0 Å². The summed E-state index contributed by atoms with van der Waals surface area (Å²) in [4.78, 5) is 27.2. The van der Waals surface area contributed by atoms with Gasteiger partial charge in [0.05, 0.1) is 12.2 Å². The van der Waals surface area contributed by atoms with Crippen molar-refractivity contribution >= 4 is 17.5 Å². The minimum Gasteiger partial charge on any atom is -0.464 e. The van der Waals surface area contributed by atoms with Crippen LogP contribution < -0.4 is 5.32 Å². The van der Waals surface area contributed by atoms with Gasteiger partial charge in [-0.05, 0) is 49.2 Å². The van der Waals surface area contributed by atoms with Gasteiger partial charge >= 0.3 is 0 Å². The van der Waals surface area contributed by atoms with Crippen LogP contribution in [0.4, 0.5) is 14.5 Å². The van der Waals surface area contributed by atoms with E-state index in [4.69, 9.17) is 4.42 Å². The number of benzene rings is 2. The number of carbonyl (C=O) groups excluding carboxylic acids is 2. The highest BCUT2D eigenvalue weighted by atomic mass is 19.1. The van der Waals surface area contributed by atoms with Crippen LogP contribution in [0, 0.1) is 17.6 Å². The van der Waals surface area contributed by atoms with Gasteiger partial charge in [0.1, 0.15) is 23.1 Å². The molecule has 1 aliphatic heterocycles. The Morgan fingerprint density at radius 1 is 1.03 bits per heavy atom. The summed E-state index contributed by atoms with van der Waals surface area (Å²) in [5.41, 5.74) is 0.814. The number of halogens is 2. The Hall–Kier alpha value is -3.48. The minimum absolute atomic E-state index is 0.186. The molecule has 7 heteroatoms. The number of para-hydroxylation sites is 1. The normalized spacial score (nSPS) is 16.3. The van der Waals surface area contributed by atoms with Gasteiger partial charge < -0.3 is 14.6 Å². The molecule has 1 N–H and O–H groups in total. The molecular formula is C23H20F2N2O3. The molecule has 30 heavy (non-hydrogen) atoms. The Morgan fingerprint density at radius 3 is 2.53 bits per heavy atom. The fraction of sp³-hybridized carbons (Fsp3) is 0.217. The molecule has 2 aromatic carbocycles. The highest BCUT2D eigenvalue weighted by Crippen LogP contribution is 2.25. The van der Waals surface area contributed by atoms with Crippen molar-refractivity contribution in [1.82, 2.24) is 4.90 Å². The molecule has 1 saturated heterocycles. The number of anilines is 1. The van der Waals surface area contributed by atoms with Gasteiger partial charge in [-0.1, -0.05) is 18.2 Å². The van der Waals surface area contributed by atoms with E-state index in [0.717, 1.165) is 17.7 Å². The average Bonchev–Trinajstić information content (AvgIpc) is 3.31. The number of hydrogen-bond acceptors (Lipinski definition) is 3. The van der Waals surface area contributed by atoms with Gasteiger partial charge in [0.25, 0.3) is 5.91 Å². The summed E-state index contributed by atoms with van der Waals surface area (Å²) in [7, 11) is 0. The van der Waals surface area contributed by atoms with Gasteiger partial charge in [-0.2, -0.15) is 0 Å². The number of furan rings is 1. The number of piperidine rings is 1. The van der Waals surface area contributed by atoms with E-state index in [1.807, 2.05) is 12.1 Å². The fourth-order valence-electron chi connectivity index (χ4n) is 3.65. The van der Waals surface area contributed by atoms with Gasteiger partial charge in [0.2, 0.25) is 5.91 Å². The van der Waals surface area contributed by atoms with Crippen molar-refractivity contribution in [3.8, 4) is 11.3 Å². The van der Waals surface area contributed by atoms with Crippen LogP contribution in [0.5, 0.6) is 0 Å². The third-order valence-corrected chi connectivity index (χ3v) is 5.21. The highest BCUT2D eigenvalue weighted by molar-refractivity contribution is 5.97. The first-order valence-corrected chi connectivity index (χ1v) is 9.71. The number of carbonyl (C=O) groups is 2. The zero-order valence-corrected chi connectivity index (χ0v) is 16.1. The number of likely N-dealkylation sites (tertiary alicyclic amines) is 1. The molecule has 0 bridgehead atoms. The van der Waals surface area contributed by atoms with Crippen molar-refractivity contribution in [3.63, 3.8) is 0 Å². The number of hydrogen-bond donors (Lipinski definition) is 1. The van der Waals surface area contributed by atoms with Crippen LogP contribution in [0.15, 0.2) is 65.3 Å². The quantitative estimate of drug-likeness (QED) is 0.677. The topological polar surface area (TPSA) is 62.6 Å². The molecule has 0 spiro atoms. The van der Waals surface area contributed by atoms with Crippen molar-refractivity contribution in [2.24, 2.45) is 5.92 Å². The van der Waals surface area contributed by atoms with E-state index in [1.54, 1.807) is 35.4 Å². The van der Waals surface area contributed by atoms with Gasteiger partial charge in [0.15, 0.2) is 0 Å². The first kappa shape index (κ1) is 19.8. The van der Waals surface area contributed by atoms with E-state index in [1.165, 1.54) is 6.07 Å². The van der Waals surface area contributed by atoms with E-state index < -0.39 is 29.1 Å². The van der Waals surface area contributed by atoms with Crippen molar-refractivity contribution in [3.05, 3.63) is 78.1 Å². The first-order valence-electron chi connectivity index (χ1n) is 9.71. The van der Waals surface area contributed by atoms with Gasteiger partial charge in [0, 0.05) is 24.2 Å². The van der Waals surface area contributed by atoms with Crippen LogP contribution in [0.2, 0.25) is 0 Å². The van der Waals surface area contributed by atoms with Crippen molar-refractivity contribution in [2.75, 3.05) is 18.4 Å². The second kappa shape index (κ2) is 8.49. The third kappa shape index (κ3) is 4.10. The Kier molecular flexibility index (Phi) is 5.61. The van der Waals surface area contributed by atoms with Crippen LogP contribution in [0.3, 0.4) is 0 Å². The maximum Gasteiger partial charge on any atom is 0.253 e. The number of nitrogens with one attached hydrogen (secondary N) is 1. The first-order chi connectivity index (χ1) is 14.5. The lowest BCUT2D eigenvalue weighted by molar-refractivity contribution is -0.121. The Bertz CT molecular complexity index is 1050. The predicted octanol–water partition coefficient (Wildman–Crippen LogP) is 4.72. The largest absolute Gasteiger partial charge is 0.464 e. The van der Waals surface area contributed by atoms with Crippen molar-refractivity contribution < 1.29 is 22.8 Å². The molecule has 1 aliphatic rings. The smallest absolute Gasteiger partial charge is 0.253 e. The maximum atomic E-state index is 13.8. The second-order valence-electron chi connectivity index (χ2n) is 7.23. The molecule has 3 aromatic rings. The maximum absolute atomic E-state index is 13.8. The SMILES string of the molecule is O=C(Nc1c(F)cccc1F)C1CCCN(C(=O)c2cccc(-c3ccco3)c2)C1. The molecular weight excluding hydrogens is 390 g/mol. The van der Waals surface area contributed by atoms with Crippen LogP contribution in [0.1, 0.15) is 23.2 Å². The zero-order valence-electron chi connectivity index (χ0n) is 16.1. The lowest BCUT2D eigenvalue weighted by atomic mass is 9.96. The summed E-state index contributed by atoms with van der Waals surface area (Å²) in [6.07, 6.45) is 2.73. The summed E-state index contributed by atoms with van der Waals surface area (Å²) < 4.78 is 33.0. The summed E-state index contributed by atoms with van der Waals surface area (Å²) in [5, 5.41) is 2.34. The summed E-state index contributed by atoms with van der Waals surface area (Å²) in [6.45, 7) is 0.702. The molecule has 4 rings (SSSR count). The summed E-state index contributed by atoms with van der Waals surface area (Å²) in [5.74, 6) is -2.25. The molecule has 1 aromatic heterocycles. The van der Waals surface area contributed by atoms with E-state index in [9.17, 15) is 18.4 Å². The van der Waals surface area contributed by atoms with Crippen LogP contribution in [0.25, 0.3) is 11.3 Å². The average molecular weight is 410 g/mol. The third-order valence-electron chi connectivity index (χ3n) is 5.21. The molecule has 1 fully saturated rings. The standard InChI is InChI=1S/C23H20F2N2O3/c24-18-8-2-9-19(25)21(18)26-22(28)17-7-3-11-27(14-17)23(29)16-6-1-5-15(13-16)20-10-4-12-30-20/h1-2,4-6,8-10,12-13,17H,3,7,11,14H2,(H,26,28). The zero-order chi connectivity index (χ0) is 21.1. The number of rotatable bonds is 4. The molecule has 154 valence electrons.